The Morgan fingerprint density at radius 3 is 2.19 bits per heavy atom. The fourth-order valence-corrected chi connectivity index (χ4v) is 3.52. The van der Waals surface area contributed by atoms with Crippen molar-refractivity contribution >= 4 is 33.5 Å². The molecule has 21 heavy (non-hydrogen) atoms. The Kier molecular flexibility index (Phi) is 3.69. The van der Waals surface area contributed by atoms with E-state index in [1.807, 2.05) is 30.3 Å². The number of halogens is 4. The second-order valence-corrected chi connectivity index (χ2v) is 5.83. The Hall–Kier alpha value is -1.50. The zero-order chi connectivity index (χ0) is 15.0. The predicted octanol–water partition coefficient (Wildman–Crippen LogP) is 5.31. The molecular weight excluding hydrogens is 390 g/mol. The highest BCUT2D eigenvalue weighted by atomic mass is 127. The molecule has 0 aliphatic rings. The maximum absolute atomic E-state index is 13.4. The molecule has 5 heteroatoms. The molecule has 1 aromatic heterocycles. The third-order valence-corrected chi connectivity index (χ3v) is 4.45. The minimum absolute atomic E-state index is 0.208. The van der Waals surface area contributed by atoms with Crippen LogP contribution < -0.4 is 0 Å². The average Bonchev–Trinajstić information content (AvgIpc) is 2.73. The number of hydrogen-bond donors (Lipinski definition) is 0. The van der Waals surface area contributed by atoms with Crippen LogP contribution in [-0.2, 0) is 12.7 Å². The van der Waals surface area contributed by atoms with Gasteiger partial charge in [-0.05, 0) is 34.2 Å². The topological polar surface area (TPSA) is 4.93 Å². The molecule has 0 atom stereocenters. The van der Waals surface area contributed by atoms with Crippen molar-refractivity contribution in [3.05, 3.63) is 69.4 Å². The number of nitrogens with zero attached hydrogens (tertiary/aromatic N) is 1. The van der Waals surface area contributed by atoms with Gasteiger partial charge in [0.1, 0.15) is 5.69 Å². The standard InChI is InChI=1S/C16H11F3IN/c17-16(18,19)15-14(20)12-8-4-5-9-13(12)21(15)10-11-6-2-1-3-7-11/h1-9H,10H2. The molecule has 0 N–H and O–H groups in total. The lowest BCUT2D eigenvalue weighted by Crippen LogP contribution is -2.15. The van der Waals surface area contributed by atoms with Crippen molar-refractivity contribution in [1.29, 1.82) is 0 Å². The zero-order valence-electron chi connectivity index (χ0n) is 10.9. The summed E-state index contributed by atoms with van der Waals surface area (Å²) in [6.07, 6.45) is -4.37. The maximum atomic E-state index is 13.4. The van der Waals surface area contributed by atoms with E-state index in [0.717, 1.165) is 5.56 Å². The third kappa shape index (κ3) is 2.66. The lowest BCUT2D eigenvalue weighted by molar-refractivity contribution is -0.143. The summed E-state index contributed by atoms with van der Waals surface area (Å²) in [4.78, 5) is 0. The molecule has 0 aliphatic heterocycles. The Bertz CT molecular complexity index is 775. The molecule has 0 spiro atoms. The first-order valence-corrected chi connectivity index (χ1v) is 7.44. The van der Waals surface area contributed by atoms with Crippen LogP contribution in [0.5, 0.6) is 0 Å². The summed E-state index contributed by atoms with van der Waals surface area (Å²) in [6.45, 7) is 0.208. The van der Waals surface area contributed by atoms with Crippen LogP contribution in [0.1, 0.15) is 11.3 Å². The van der Waals surface area contributed by atoms with E-state index < -0.39 is 11.9 Å². The molecule has 0 saturated heterocycles. The average molecular weight is 401 g/mol. The molecule has 1 nitrogen and oxygen atoms in total. The molecule has 3 aromatic rings. The van der Waals surface area contributed by atoms with E-state index in [0.29, 0.717) is 10.9 Å². The van der Waals surface area contributed by atoms with Gasteiger partial charge in [-0.1, -0.05) is 48.5 Å². The summed E-state index contributed by atoms with van der Waals surface area (Å²) in [7, 11) is 0. The summed E-state index contributed by atoms with van der Waals surface area (Å²) < 4.78 is 41.9. The molecule has 0 fully saturated rings. The van der Waals surface area contributed by atoms with Crippen LogP contribution in [0.3, 0.4) is 0 Å². The Labute approximate surface area is 133 Å². The molecule has 1 heterocycles. The molecule has 0 bridgehead atoms. The van der Waals surface area contributed by atoms with E-state index in [4.69, 9.17) is 0 Å². The number of para-hydroxylation sites is 1. The van der Waals surface area contributed by atoms with Gasteiger partial charge in [-0.3, -0.25) is 0 Å². The number of fused-ring (bicyclic) bond motifs is 1. The van der Waals surface area contributed by atoms with Crippen molar-refractivity contribution in [1.82, 2.24) is 4.57 Å². The SMILES string of the molecule is FC(F)(F)c1c(I)c2ccccc2n1Cc1ccccc1. The Balaban J connectivity index is 2.24. The highest BCUT2D eigenvalue weighted by Gasteiger charge is 2.38. The van der Waals surface area contributed by atoms with Crippen LogP contribution >= 0.6 is 22.6 Å². The largest absolute Gasteiger partial charge is 0.432 e. The van der Waals surface area contributed by atoms with E-state index in [-0.39, 0.29) is 10.1 Å². The fraction of sp³-hybridized carbons (Fsp3) is 0.125. The van der Waals surface area contributed by atoms with Crippen molar-refractivity contribution in [3.63, 3.8) is 0 Å². The van der Waals surface area contributed by atoms with Gasteiger partial charge in [0, 0.05) is 17.4 Å². The van der Waals surface area contributed by atoms with Gasteiger partial charge in [-0.25, -0.2) is 0 Å². The number of alkyl halides is 3. The minimum atomic E-state index is -4.37. The lowest BCUT2D eigenvalue weighted by atomic mass is 10.2. The fourth-order valence-electron chi connectivity index (χ4n) is 2.47. The summed E-state index contributed by atoms with van der Waals surface area (Å²) in [5, 5.41) is 0.640. The van der Waals surface area contributed by atoms with Gasteiger partial charge in [0.25, 0.3) is 0 Å². The second kappa shape index (κ2) is 5.36. The lowest BCUT2D eigenvalue weighted by Gasteiger charge is -2.13. The van der Waals surface area contributed by atoms with Crippen LogP contribution in [0.25, 0.3) is 10.9 Å². The maximum Gasteiger partial charge on any atom is 0.432 e. The van der Waals surface area contributed by atoms with Gasteiger partial charge in [-0.15, -0.1) is 0 Å². The molecular formula is C16H11F3IN. The van der Waals surface area contributed by atoms with Crippen LogP contribution in [-0.4, -0.2) is 4.57 Å². The van der Waals surface area contributed by atoms with E-state index in [1.165, 1.54) is 4.57 Å². The van der Waals surface area contributed by atoms with Crippen LogP contribution in [0.15, 0.2) is 54.6 Å². The van der Waals surface area contributed by atoms with Gasteiger partial charge in [0.15, 0.2) is 0 Å². The zero-order valence-corrected chi connectivity index (χ0v) is 13.0. The minimum Gasteiger partial charge on any atom is -0.332 e. The molecule has 108 valence electrons. The molecule has 3 rings (SSSR count). The molecule has 0 aliphatic carbocycles. The smallest absolute Gasteiger partial charge is 0.332 e. The first-order chi connectivity index (χ1) is 9.98. The van der Waals surface area contributed by atoms with Crippen molar-refractivity contribution in [3.8, 4) is 0 Å². The quantitative estimate of drug-likeness (QED) is 0.513. The monoisotopic (exact) mass is 401 g/mol. The van der Waals surface area contributed by atoms with Crippen molar-refractivity contribution in [2.24, 2.45) is 0 Å². The van der Waals surface area contributed by atoms with Crippen LogP contribution in [0.2, 0.25) is 0 Å². The Morgan fingerprint density at radius 1 is 0.905 bits per heavy atom. The molecule has 2 aromatic carbocycles. The molecule has 0 radical (unpaired) electrons. The van der Waals surface area contributed by atoms with E-state index in [2.05, 4.69) is 0 Å². The van der Waals surface area contributed by atoms with Crippen molar-refractivity contribution in [2.75, 3.05) is 0 Å². The van der Waals surface area contributed by atoms with E-state index in [9.17, 15) is 13.2 Å². The van der Waals surface area contributed by atoms with Crippen molar-refractivity contribution in [2.45, 2.75) is 12.7 Å². The highest BCUT2D eigenvalue weighted by Crippen LogP contribution is 2.39. The van der Waals surface area contributed by atoms with Crippen molar-refractivity contribution < 1.29 is 13.2 Å². The number of rotatable bonds is 2. The van der Waals surface area contributed by atoms with Gasteiger partial charge < -0.3 is 4.57 Å². The summed E-state index contributed by atoms with van der Waals surface area (Å²) >= 11 is 1.79. The summed E-state index contributed by atoms with van der Waals surface area (Å²) in [5.74, 6) is 0. The van der Waals surface area contributed by atoms with Gasteiger partial charge >= 0.3 is 6.18 Å². The van der Waals surface area contributed by atoms with Crippen LogP contribution in [0, 0.1) is 3.57 Å². The molecule has 0 unspecified atom stereocenters. The van der Waals surface area contributed by atoms with Gasteiger partial charge in [0.05, 0.1) is 3.57 Å². The number of hydrogen-bond acceptors (Lipinski definition) is 0. The van der Waals surface area contributed by atoms with E-state index >= 15 is 0 Å². The second-order valence-electron chi connectivity index (χ2n) is 4.75. The molecule has 0 amide bonds. The number of aromatic nitrogens is 1. The highest BCUT2D eigenvalue weighted by molar-refractivity contribution is 14.1. The predicted molar refractivity (Wildman–Crippen MR) is 85.2 cm³/mol. The first kappa shape index (κ1) is 14.4. The summed E-state index contributed by atoms with van der Waals surface area (Å²) in [5.41, 5.74) is 0.881. The third-order valence-electron chi connectivity index (χ3n) is 3.36. The number of benzene rings is 2. The van der Waals surface area contributed by atoms with Gasteiger partial charge in [0.2, 0.25) is 0 Å². The normalized spacial score (nSPS) is 12.0. The first-order valence-electron chi connectivity index (χ1n) is 6.36. The molecule has 0 saturated carbocycles. The van der Waals surface area contributed by atoms with Crippen LogP contribution in [0.4, 0.5) is 13.2 Å². The van der Waals surface area contributed by atoms with E-state index in [1.54, 1.807) is 46.9 Å². The summed E-state index contributed by atoms with van der Waals surface area (Å²) in [6, 6.07) is 16.2. The van der Waals surface area contributed by atoms with Gasteiger partial charge in [-0.2, -0.15) is 13.2 Å². The Morgan fingerprint density at radius 2 is 1.52 bits per heavy atom.